The summed E-state index contributed by atoms with van der Waals surface area (Å²) in [5.74, 6) is 2.44. The third kappa shape index (κ3) is 6.37. The van der Waals surface area contributed by atoms with Gasteiger partial charge in [0.05, 0.1) is 12.6 Å². The number of benzene rings is 1. The lowest BCUT2D eigenvalue weighted by atomic mass is 9.80. The van der Waals surface area contributed by atoms with Crippen molar-refractivity contribution in [2.24, 2.45) is 17.6 Å². The van der Waals surface area contributed by atoms with Gasteiger partial charge in [-0.2, -0.15) is 0 Å². The van der Waals surface area contributed by atoms with Crippen LogP contribution in [0.15, 0.2) is 30.5 Å². The molecule has 1 fully saturated rings. The topological polar surface area (TPSA) is 60.2 Å². The zero-order valence-electron chi connectivity index (χ0n) is 16.0. The third-order valence-electron chi connectivity index (χ3n) is 5.52. The molecule has 154 valence electrons. The fourth-order valence-electron chi connectivity index (χ4n) is 3.98. The fraction of sp³-hybridized carbons (Fsp3) is 0.550. The molecule has 3 N–H and O–H groups in total. The first-order chi connectivity index (χ1) is 11.7. The number of rotatable bonds is 6. The van der Waals surface area contributed by atoms with Gasteiger partial charge in [-0.25, -0.2) is 0 Å². The van der Waals surface area contributed by atoms with Crippen molar-refractivity contribution >= 4 is 48.1 Å². The zero-order valence-corrected chi connectivity index (χ0v) is 18.5. The van der Waals surface area contributed by atoms with E-state index in [1.807, 2.05) is 18.3 Å². The van der Waals surface area contributed by atoms with Crippen LogP contribution in [0.2, 0.25) is 0 Å². The van der Waals surface area contributed by atoms with Crippen LogP contribution in [0.4, 0.5) is 0 Å². The van der Waals surface area contributed by atoms with E-state index in [1.165, 1.54) is 24.8 Å². The van der Waals surface area contributed by atoms with Crippen molar-refractivity contribution in [2.45, 2.75) is 38.6 Å². The maximum absolute atomic E-state index is 6.57. The van der Waals surface area contributed by atoms with E-state index in [2.05, 4.69) is 29.4 Å². The Morgan fingerprint density at radius 3 is 2.70 bits per heavy atom. The van der Waals surface area contributed by atoms with Crippen LogP contribution in [0.1, 0.15) is 44.2 Å². The molecule has 0 saturated carbocycles. The summed E-state index contributed by atoms with van der Waals surface area (Å²) in [6.07, 6.45) is 6.62. The summed E-state index contributed by atoms with van der Waals surface area (Å²) in [5.41, 5.74) is 8.74. The van der Waals surface area contributed by atoms with E-state index in [0.717, 1.165) is 48.0 Å². The van der Waals surface area contributed by atoms with E-state index < -0.39 is 0 Å². The third-order valence-corrected chi connectivity index (χ3v) is 5.52. The summed E-state index contributed by atoms with van der Waals surface area (Å²) < 4.78 is 5.37. The number of nitrogens with one attached hydrogen (secondary N) is 1. The molecule has 1 aromatic carbocycles. The number of pyridine rings is 1. The van der Waals surface area contributed by atoms with Crippen molar-refractivity contribution in [2.75, 3.05) is 20.2 Å². The second-order valence-electron chi connectivity index (χ2n) is 6.89. The number of nitrogens with zero attached hydrogens (tertiary/aromatic N) is 1. The average molecular weight is 437 g/mol. The van der Waals surface area contributed by atoms with Gasteiger partial charge in [0.2, 0.25) is 0 Å². The molecule has 0 spiro atoms. The quantitative estimate of drug-likeness (QED) is 0.674. The Bertz CT molecular complexity index is 687. The number of hydrogen-bond acceptors (Lipinski definition) is 4. The van der Waals surface area contributed by atoms with E-state index in [1.54, 1.807) is 7.11 Å². The molecule has 0 bridgehead atoms. The Balaban J connectivity index is 0.00000225. The van der Waals surface area contributed by atoms with Crippen LogP contribution in [0.5, 0.6) is 5.75 Å². The van der Waals surface area contributed by atoms with E-state index in [4.69, 9.17) is 10.5 Å². The molecule has 3 rings (SSSR count). The normalized spacial score (nSPS) is 20.0. The van der Waals surface area contributed by atoms with Crippen molar-refractivity contribution in [3.05, 3.63) is 36.0 Å². The van der Waals surface area contributed by atoms with Crippen LogP contribution in [0.3, 0.4) is 0 Å². The van der Waals surface area contributed by atoms with Crippen molar-refractivity contribution < 1.29 is 4.74 Å². The highest BCUT2D eigenvalue weighted by Crippen LogP contribution is 2.32. The van der Waals surface area contributed by atoms with Gasteiger partial charge in [-0.15, -0.1) is 37.2 Å². The number of methoxy groups -OCH3 is 1. The van der Waals surface area contributed by atoms with Gasteiger partial charge in [0.15, 0.2) is 0 Å². The minimum atomic E-state index is 0. The van der Waals surface area contributed by atoms with Crippen LogP contribution in [0.25, 0.3) is 10.9 Å². The highest BCUT2D eigenvalue weighted by atomic mass is 35.5. The highest BCUT2D eigenvalue weighted by molar-refractivity contribution is 5.86. The lowest BCUT2D eigenvalue weighted by Crippen LogP contribution is -2.36. The van der Waals surface area contributed by atoms with Crippen molar-refractivity contribution in [1.82, 2.24) is 10.3 Å². The van der Waals surface area contributed by atoms with Gasteiger partial charge in [-0.3, -0.25) is 4.98 Å². The Kier molecular flexibility index (Phi) is 12.3. The van der Waals surface area contributed by atoms with Gasteiger partial charge >= 0.3 is 0 Å². The molecule has 7 heteroatoms. The first-order valence-electron chi connectivity index (χ1n) is 9.12. The summed E-state index contributed by atoms with van der Waals surface area (Å²) in [7, 11) is 1.69. The van der Waals surface area contributed by atoms with Crippen molar-refractivity contribution in [3.8, 4) is 5.75 Å². The van der Waals surface area contributed by atoms with Crippen LogP contribution in [0, 0.1) is 11.8 Å². The molecule has 3 atom stereocenters. The number of piperidine rings is 1. The second kappa shape index (κ2) is 12.6. The SMILES string of the molecule is CCC1CNCCC1CCC(N)c1ccnc2ccc(OC)cc12.Cl.Cl.Cl. The number of hydrogen-bond donors (Lipinski definition) is 2. The molecular weight excluding hydrogens is 405 g/mol. The van der Waals surface area contributed by atoms with Crippen LogP contribution >= 0.6 is 37.2 Å². The maximum atomic E-state index is 6.57. The molecule has 0 radical (unpaired) electrons. The maximum Gasteiger partial charge on any atom is 0.119 e. The second-order valence-corrected chi connectivity index (χ2v) is 6.89. The van der Waals surface area contributed by atoms with Crippen molar-refractivity contribution in [1.29, 1.82) is 0 Å². The fourth-order valence-corrected chi connectivity index (χ4v) is 3.98. The van der Waals surface area contributed by atoms with E-state index in [9.17, 15) is 0 Å². The summed E-state index contributed by atoms with van der Waals surface area (Å²) in [5, 5.41) is 4.63. The molecule has 27 heavy (non-hydrogen) atoms. The van der Waals surface area contributed by atoms with Crippen molar-refractivity contribution in [3.63, 3.8) is 0 Å². The molecule has 1 aliphatic rings. The van der Waals surface area contributed by atoms with Gasteiger partial charge in [0.25, 0.3) is 0 Å². The van der Waals surface area contributed by atoms with E-state index >= 15 is 0 Å². The zero-order chi connectivity index (χ0) is 16.9. The lowest BCUT2D eigenvalue weighted by Gasteiger charge is -2.32. The summed E-state index contributed by atoms with van der Waals surface area (Å²) in [6, 6.07) is 8.12. The molecule has 0 aliphatic carbocycles. The van der Waals surface area contributed by atoms with E-state index in [0.29, 0.717) is 0 Å². The summed E-state index contributed by atoms with van der Waals surface area (Å²) in [6.45, 7) is 4.60. The number of ether oxygens (including phenoxy) is 1. The average Bonchev–Trinajstić information content (AvgIpc) is 2.65. The standard InChI is InChI=1S/C20H29N3O.3ClH/c1-3-14-13-22-10-8-15(14)4-6-19(21)17-9-11-23-20-7-5-16(24-2)12-18(17)20;;;/h5,7,9,11-12,14-15,19,22H,3-4,6,8,10,13,21H2,1-2H3;3*1H. The minimum Gasteiger partial charge on any atom is -0.497 e. The Hall–Kier alpha value is -0.780. The highest BCUT2D eigenvalue weighted by Gasteiger charge is 2.24. The Morgan fingerprint density at radius 2 is 2.00 bits per heavy atom. The molecular formula is C20H32Cl3N3O. The molecule has 1 saturated heterocycles. The van der Waals surface area contributed by atoms with Gasteiger partial charge in [0.1, 0.15) is 5.75 Å². The number of aromatic nitrogens is 1. The summed E-state index contributed by atoms with van der Waals surface area (Å²) in [4.78, 5) is 4.46. The lowest BCUT2D eigenvalue weighted by molar-refractivity contribution is 0.226. The first-order valence-corrected chi connectivity index (χ1v) is 9.12. The van der Waals surface area contributed by atoms with Gasteiger partial charge in [-0.1, -0.05) is 13.3 Å². The Labute approximate surface area is 181 Å². The van der Waals surface area contributed by atoms with Crippen LogP contribution in [-0.2, 0) is 0 Å². The monoisotopic (exact) mass is 435 g/mol. The molecule has 4 nitrogen and oxygen atoms in total. The Morgan fingerprint density at radius 1 is 1.22 bits per heavy atom. The number of nitrogens with two attached hydrogens (primary N) is 1. The number of halogens is 3. The van der Waals surface area contributed by atoms with Crippen LogP contribution < -0.4 is 15.8 Å². The van der Waals surface area contributed by atoms with Gasteiger partial charge in [0, 0.05) is 17.6 Å². The predicted octanol–water partition coefficient (Wildman–Crippen LogP) is 4.92. The molecule has 0 amide bonds. The first kappa shape index (κ1) is 26.2. The molecule has 2 aromatic rings. The molecule has 1 aromatic heterocycles. The summed E-state index contributed by atoms with van der Waals surface area (Å²) >= 11 is 0. The van der Waals surface area contributed by atoms with Crippen LogP contribution in [-0.4, -0.2) is 25.2 Å². The molecule has 2 heterocycles. The number of fused-ring (bicyclic) bond motifs is 1. The van der Waals surface area contributed by atoms with Gasteiger partial charge in [-0.05, 0) is 74.0 Å². The minimum absolute atomic E-state index is 0. The molecule has 3 unspecified atom stereocenters. The molecule has 1 aliphatic heterocycles. The largest absolute Gasteiger partial charge is 0.497 e. The van der Waals surface area contributed by atoms with E-state index in [-0.39, 0.29) is 43.3 Å². The predicted molar refractivity (Wildman–Crippen MR) is 121 cm³/mol. The van der Waals surface area contributed by atoms with Gasteiger partial charge < -0.3 is 15.8 Å². The smallest absolute Gasteiger partial charge is 0.119 e.